The van der Waals surface area contributed by atoms with E-state index in [0.717, 1.165) is 7.11 Å². The second-order valence-electron chi connectivity index (χ2n) is 1.76. The Labute approximate surface area is 68.0 Å². The highest BCUT2D eigenvalue weighted by Crippen LogP contribution is 2.21. The number of nitrogens with zero attached hydrogens (tertiary/aromatic N) is 4. The first kappa shape index (κ1) is 8.41. The fourth-order valence-electron chi connectivity index (χ4n) is 0.707. The minimum absolute atomic E-state index is 0.287. The van der Waals surface area contributed by atoms with Crippen LogP contribution in [0.5, 0.6) is 0 Å². The molecule has 0 atom stereocenters. The smallest absolute Gasteiger partial charge is 0.316 e. The fraction of sp³-hybridized carbons (Fsp3) is 0.167. The molecule has 6 heteroatoms. The first-order valence-electron chi connectivity index (χ1n) is 3.09. The van der Waals surface area contributed by atoms with Gasteiger partial charge in [-0.3, -0.25) is 4.79 Å². The Kier molecular flexibility index (Phi) is 2.54. The van der Waals surface area contributed by atoms with Gasteiger partial charge in [0.25, 0.3) is 0 Å². The van der Waals surface area contributed by atoms with Gasteiger partial charge in [-0.1, -0.05) is 0 Å². The van der Waals surface area contributed by atoms with Crippen LogP contribution >= 0.6 is 0 Å². The standard InChI is InChI=1S/C5H2N4O.CH4O/c10-5-4-3(8-9-5)1-6-2-7-4;1-2/h1-2H;2H,1H3. The van der Waals surface area contributed by atoms with E-state index in [1.54, 1.807) is 0 Å². The van der Waals surface area contributed by atoms with Gasteiger partial charge < -0.3 is 5.11 Å². The Morgan fingerprint density at radius 1 is 1.33 bits per heavy atom. The first-order chi connectivity index (χ1) is 5.88. The Morgan fingerprint density at radius 2 is 2.08 bits per heavy atom. The summed E-state index contributed by atoms with van der Waals surface area (Å²) in [5.41, 5.74) is 0.738. The second kappa shape index (κ2) is 3.63. The molecule has 12 heavy (non-hydrogen) atoms. The number of fused-ring (bicyclic) bond motifs is 1. The number of hydrogen-bond donors (Lipinski definition) is 1. The number of aliphatic hydroxyl groups excluding tert-OH is 1. The van der Waals surface area contributed by atoms with E-state index in [2.05, 4.69) is 20.2 Å². The van der Waals surface area contributed by atoms with Gasteiger partial charge in [0.15, 0.2) is 5.69 Å². The molecule has 1 aliphatic rings. The monoisotopic (exact) mass is 166 g/mol. The molecule has 2 heterocycles. The molecule has 0 saturated carbocycles. The Balaban J connectivity index is 0.000000336. The molecule has 0 aliphatic carbocycles. The van der Waals surface area contributed by atoms with Gasteiger partial charge >= 0.3 is 5.91 Å². The molecule has 0 radical (unpaired) electrons. The Morgan fingerprint density at radius 3 is 2.75 bits per heavy atom. The second-order valence-corrected chi connectivity index (χ2v) is 1.76. The van der Waals surface area contributed by atoms with Crippen molar-refractivity contribution < 1.29 is 9.90 Å². The van der Waals surface area contributed by atoms with Crippen LogP contribution in [0.25, 0.3) is 0 Å². The van der Waals surface area contributed by atoms with Crippen molar-refractivity contribution >= 4 is 11.6 Å². The van der Waals surface area contributed by atoms with Crippen molar-refractivity contribution in [2.75, 3.05) is 7.11 Å². The van der Waals surface area contributed by atoms with Gasteiger partial charge in [0.1, 0.15) is 12.0 Å². The summed E-state index contributed by atoms with van der Waals surface area (Å²) in [6.45, 7) is 0. The number of hydrogen-bond acceptors (Lipinski definition) is 5. The van der Waals surface area contributed by atoms with E-state index in [-0.39, 0.29) is 5.69 Å². The van der Waals surface area contributed by atoms with Crippen LogP contribution in [0, 0.1) is 0 Å². The highest BCUT2D eigenvalue weighted by atomic mass is 16.2. The molecule has 0 unspecified atom stereocenters. The third kappa shape index (κ3) is 1.32. The molecule has 1 aromatic heterocycles. The maximum absolute atomic E-state index is 10.7. The molecule has 1 amide bonds. The van der Waals surface area contributed by atoms with Gasteiger partial charge in [-0.25, -0.2) is 9.97 Å². The molecule has 1 N–H and O–H groups in total. The molecule has 1 aliphatic heterocycles. The molecule has 0 fully saturated rings. The zero-order valence-electron chi connectivity index (χ0n) is 6.30. The van der Waals surface area contributed by atoms with Crippen molar-refractivity contribution in [3.05, 3.63) is 18.2 Å². The summed E-state index contributed by atoms with van der Waals surface area (Å²) < 4.78 is 0. The van der Waals surface area contributed by atoms with Crippen molar-refractivity contribution in [1.29, 1.82) is 0 Å². The number of aromatic nitrogens is 2. The van der Waals surface area contributed by atoms with E-state index in [1.165, 1.54) is 12.5 Å². The van der Waals surface area contributed by atoms with Crippen LogP contribution in [0.1, 0.15) is 10.5 Å². The molecule has 2 rings (SSSR count). The minimum Gasteiger partial charge on any atom is -0.400 e. The number of carbonyl (C=O) groups excluding carboxylic acids is 1. The topological polar surface area (TPSA) is 87.8 Å². The van der Waals surface area contributed by atoms with E-state index >= 15 is 0 Å². The summed E-state index contributed by atoms with van der Waals surface area (Å²) in [5.74, 6) is -0.391. The lowest BCUT2D eigenvalue weighted by atomic mass is 10.4. The third-order valence-electron chi connectivity index (χ3n) is 1.14. The van der Waals surface area contributed by atoms with Gasteiger partial charge in [0.05, 0.1) is 6.20 Å². The van der Waals surface area contributed by atoms with Crippen LogP contribution in [0.15, 0.2) is 22.8 Å². The van der Waals surface area contributed by atoms with Gasteiger partial charge in [0.2, 0.25) is 0 Å². The molecule has 6 nitrogen and oxygen atoms in total. The summed E-state index contributed by atoms with van der Waals surface area (Å²) >= 11 is 0. The zero-order valence-corrected chi connectivity index (χ0v) is 6.30. The lowest BCUT2D eigenvalue weighted by Gasteiger charge is -1.86. The van der Waals surface area contributed by atoms with E-state index < -0.39 is 5.91 Å². The van der Waals surface area contributed by atoms with Crippen molar-refractivity contribution in [3.63, 3.8) is 0 Å². The van der Waals surface area contributed by atoms with E-state index in [4.69, 9.17) is 5.11 Å². The van der Waals surface area contributed by atoms with Crippen molar-refractivity contribution in [3.8, 4) is 0 Å². The predicted octanol–water partition coefficient (Wildman–Crippen LogP) is 0.323. The van der Waals surface area contributed by atoms with Gasteiger partial charge in [0, 0.05) is 7.11 Å². The molecule has 0 aromatic carbocycles. The number of rotatable bonds is 0. The average molecular weight is 166 g/mol. The third-order valence-corrected chi connectivity index (χ3v) is 1.14. The van der Waals surface area contributed by atoms with E-state index in [0.29, 0.717) is 5.69 Å². The summed E-state index contributed by atoms with van der Waals surface area (Å²) in [6.07, 6.45) is 2.75. The SMILES string of the molecule is CO.O=C1N=Nc2cncnc21. The fourth-order valence-corrected chi connectivity index (χ4v) is 0.707. The summed E-state index contributed by atoms with van der Waals surface area (Å²) in [6, 6.07) is 0. The lowest BCUT2D eigenvalue weighted by Crippen LogP contribution is -1.92. The van der Waals surface area contributed by atoms with Crippen molar-refractivity contribution in [1.82, 2.24) is 9.97 Å². The van der Waals surface area contributed by atoms with Crippen LogP contribution in [0.4, 0.5) is 5.69 Å². The van der Waals surface area contributed by atoms with E-state index in [1.807, 2.05) is 0 Å². The molecule has 0 spiro atoms. The summed E-state index contributed by atoms with van der Waals surface area (Å²) in [7, 11) is 1.00. The maximum atomic E-state index is 10.7. The van der Waals surface area contributed by atoms with Gasteiger partial charge in [-0.2, -0.15) is 0 Å². The first-order valence-corrected chi connectivity index (χ1v) is 3.09. The minimum atomic E-state index is -0.391. The average Bonchev–Trinajstić information content (AvgIpc) is 2.53. The number of amides is 1. The van der Waals surface area contributed by atoms with Crippen LogP contribution in [-0.2, 0) is 0 Å². The van der Waals surface area contributed by atoms with Gasteiger partial charge in [-0.15, -0.1) is 10.2 Å². The zero-order chi connectivity index (χ0) is 8.97. The Bertz CT molecular complexity index is 323. The van der Waals surface area contributed by atoms with Crippen LogP contribution in [0.3, 0.4) is 0 Å². The number of aliphatic hydroxyl groups is 1. The molecule has 0 bridgehead atoms. The van der Waals surface area contributed by atoms with Crippen molar-refractivity contribution in [2.24, 2.45) is 10.2 Å². The van der Waals surface area contributed by atoms with Gasteiger partial charge in [-0.05, 0) is 0 Å². The quantitative estimate of drug-likeness (QED) is 0.601. The predicted molar refractivity (Wildman–Crippen MR) is 39.0 cm³/mol. The molecular weight excluding hydrogens is 160 g/mol. The molecule has 1 aromatic rings. The molecular formula is C6H6N4O2. The maximum Gasteiger partial charge on any atom is 0.316 e. The highest BCUT2D eigenvalue weighted by Gasteiger charge is 2.17. The van der Waals surface area contributed by atoms with Crippen LogP contribution < -0.4 is 0 Å². The number of azo groups is 1. The lowest BCUT2D eigenvalue weighted by molar-refractivity contribution is 0.0998. The van der Waals surface area contributed by atoms with Crippen LogP contribution in [0.2, 0.25) is 0 Å². The van der Waals surface area contributed by atoms with E-state index in [9.17, 15) is 4.79 Å². The normalized spacial score (nSPS) is 12.0. The van der Waals surface area contributed by atoms with Crippen molar-refractivity contribution in [2.45, 2.75) is 0 Å². The summed E-state index contributed by atoms with van der Waals surface area (Å²) in [5, 5.41) is 13.8. The Hall–Kier alpha value is -1.69. The van der Waals surface area contributed by atoms with Crippen LogP contribution in [-0.4, -0.2) is 28.1 Å². The highest BCUT2D eigenvalue weighted by molar-refractivity contribution is 5.99. The number of carbonyl (C=O) groups is 1. The summed E-state index contributed by atoms with van der Waals surface area (Å²) in [4.78, 5) is 18.1. The molecule has 62 valence electrons. The molecule has 0 saturated heterocycles. The largest absolute Gasteiger partial charge is 0.400 e.